The van der Waals surface area contributed by atoms with Crippen LogP contribution in [0.1, 0.15) is 18.3 Å². The molecule has 0 saturated carbocycles. The molecule has 0 radical (unpaired) electrons. The summed E-state index contributed by atoms with van der Waals surface area (Å²) < 4.78 is 7.05. The van der Waals surface area contributed by atoms with Crippen molar-refractivity contribution >= 4 is 11.6 Å². The Labute approximate surface area is 151 Å². The first-order chi connectivity index (χ1) is 12.7. The van der Waals surface area contributed by atoms with Crippen LogP contribution >= 0.6 is 0 Å². The van der Waals surface area contributed by atoms with Gasteiger partial charge in [0, 0.05) is 18.3 Å². The predicted molar refractivity (Wildman–Crippen MR) is 99.3 cm³/mol. The Hall–Kier alpha value is -3.29. The third-order valence-corrected chi connectivity index (χ3v) is 3.85. The Morgan fingerprint density at radius 1 is 1.19 bits per heavy atom. The van der Waals surface area contributed by atoms with Crippen LogP contribution in [0.5, 0.6) is 11.5 Å². The number of hydrogen-bond acceptors (Lipinski definition) is 5. The molecular weight excluding hydrogens is 332 g/mol. The number of rotatable bonds is 6. The number of aromatic nitrogens is 3. The number of aliphatic imine (C=N–C) groups is 1. The van der Waals surface area contributed by atoms with E-state index in [0.717, 1.165) is 18.0 Å². The molecule has 0 aliphatic heterocycles. The number of phenols is 1. The van der Waals surface area contributed by atoms with E-state index < -0.39 is 0 Å². The summed E-state index contributed by atoms with van der Waals surface area (Å²) in [4.78, 5) is 4.52. The maximum atomic E-state index is 10.2. The second-order valence-electron chi connectivity index (χ2n) is 5.56. The lowest BCUT2D eigenvalue weighted by atomic mass is 10.2. The number of nitrogens with zero attached hydrogens (tertiary/aromatic N) is 4. The van der Waals surface area contributed by atoms with E-state index in [9.17, 15) is 5.11 Å². The molecule has 0 amide bonds. The van der Waals surface area contributed by atoms with Crippen molar-refractivity contribution in [2.75, 3.05) is 13.7 Å². The fraction of sp³-hybridized carbons (Fsp3) is 0.278. The highest BCUT2D eigenvalue weighted by molar-refractivity contribution is 5.79. The van der Waals surface area contributed by atoms with Gasteiger partial charge in [0.1, 0.15) is 0 Å². The van der Waals surface area contributed by atoms with Gasteiger partial charge in [0.05, 0.1) is 20.2 Å². The van der Waals surface area contributed by atoms with Gasteiger partial charge in [-0.2, -0.15) is 0 Å². The Morgan fingerprint density at radius 2 is 2.08 bits per heavy atom. The molecule has 0 unspecified atom stereocenters. The molecule has 0 atom stereocenters. The number of phenolic OH excluding ortho intramolecular Hbond substituents is 1. The van der Waals surface area contributed by atoms with E-state index in [4.69, 9.17) is 4.74 Å². The number of methoxy groups -OCH3 is 1. The second kappa shape index (κ2) is 8.19. The molecular formula is C18H22N6O2. The van der Waals surface area contributed by atoms with Crippen LogP contribution in [0.3, 0.4) is 0 Å². The normalized spacial score (nSPS) is 11.5. The molecule has 3 N–H and O–H groups in total. The molecule has 8 heteroatoms. The quantitative estimate of drug-likeness (QED) is 0.461. The molecule has 0 aliphatic rings. The summed E-state index contributed by atoms with van der Waals surface area (Å²) in [6.45, 7) is 3.50. The minimum atomic E-state index is 0.109. The number of hydrogen-bond donors (Lipinski definition) is 3. The third-order valence-electron chi connectivity index (χ3n) is 3.85. The molecule has 0 fully saturated rings. The fourth-order valence-corrected chi connectivity index (χ4v) is 2.54. The number of benzene rings is 1. The van der Waals surface area contributed by atoms with Crippen LogP contribution in [0, 0.1) is 0 Å². The highest BCUT2D eigenvalue weighted by atomic mass is 16.5. The number of aromatic hydroxyl groups is 1. The average Bonchev–Trinajstić information content (AvgIpc) is 3.08. The summed E-state index contributed by atoms with van der Waals surface area (Å²) in [6, 6.07) is 11.1. The van der Waals surface area contributed by atoms with Crippen LogP contribution in [-0.4, -0.2) is 39.3 Å². The number of ether oxygens (including phenoxy) is 1. The van der Waals surface area contributed by atoms with Crippen LogP contribution < -0.4 is 15.4 Å². The lowest BCUT2D eigenvalue weighted by Crippen LogP contribution is -2.37. The fourth-order valence-electron chi connectivity index (χ4n) is 2.54. The summed E-state index contributed by atoms with van der Waals surface area (Å²) >= 11 is 0. The van der Waals surface area contributed by atoms with Gasteiger partial charge in [0.25, 0.3) is 0 Å². The number of para-hydroxylation sites is 1. The molecule has 0 spiro atoms. The van der Waals surface area contributed by atoms with Gasteiger partial charge < -0.3 is 20.5 Å². The van der Waals surface area contributed by atoms with Crippen molar-refractivity contribution in [3.63, 3.8) is 0 Å². The number of guanidine groups is 1. The summed E-state index contributed by atoms with van der Waals surface area (Å²) in [6.07, 6.45) is 1.92. The summed E-state index contributed by atoms with van der Waals surface area (Å²) in [5.74, 6) is 1.96. The van der Waals surface area contributed by atoms with Gasteiger partial charge in [-0.05, 0) is 25.1 Å². The van der Waals surface area contributed by atoms with Crippen molar-refractivity contribution in [1.82, 2.24) is 25.2 Å². The van der Waals surface area contributed by atoms with Crippen molar-refractivity contribution in [3.05, 3.63) is 54.0 Å². The van der Waals surface area contributed by atoms with Crippen LogP contribution in [0.2, 0.25) is 0 Å². The van der Waals surface area contributed by atoms with E-state index in [1.165, 1.54) is 7.11 Å². The maximum Gasteiger partial charge on any atom is 0.191 e. The first kappa shape index (κ1) is 17.5. The second-order valence-corrected chi connectivity index (χ2v) is 5.56. The lowest BCUT2D eigenvalue weighted by Gasteiger charge is -2.11. The van der Waals surface area contributed by atoms with Crippen molar-refractivity contribution in [1.29, 1.82) is 0 Å². The zero-order valence-corrected chi connectivity index (χ0v) is 14.8. The minimum Gasteiger partial charge on any atom is -0.504 e. The Morgan fingerprint density at radius 3 is 2.88 bits per heavy atom. The van der Waals surface area contributed by atoms with Crippen LogP contribution in [0.25, 0.3) is 5.65 Å². The molecule has 1 aromatic carbocycles. The van der Waals surface area contributed by atoms with Crippen molar-refractivity contribution in [2.45, 2.75) is 20.0 Å². The molecule has 26 heavy (non-hydrogen) atoms. The lowest BCUT2D eigenvalue weighted by molar-refractivity contribution is 0.370. The van der Waals surface area contributed by atoms with E-state index >= 15 is 0 Å². The highest BCUT2D eigenvalue weighted by Gasteiger charge is 2.08. The Bertz CT molecular complexity index is 906. The first-order valence-corrected chi connectivity index (χ1v) is 8.38. The molecule has 8 nitrogen and oxygen atoms in total. The molecule has 2 aromatic heterocycles. The average molecular weight is 354 g/mol. The van der Waals surface area contributed by atoms with E-state index in [1.54, 1.807) is 6.07 Å². The molecule has 3 rings (SSSR count). The molecule has 0 bridgehead atoms. The van der Waals surface area contributed by atoms with E-state index in [1.807, 2.05) is 47.9 Å². The number of pyridine rings is 1. The third kappa shape index (κ3) is 3.85. The van der Waals surface area contributed by atoms with Crippen molar-refractivity contribution in [2.24, 2.45) is 4.99 Å². The van der Waals surface area contributed by atoms with Crippen molar-refractivity contribution < 1.29 is 9.84 Å². The van der Waals surface area contributed by atoms with Gasteiger partial charge in [-0.1, -0.05) is 18.2 Å². The SMILES string of the molecule is CCNC(=NCc1cccc(OC)c1O)NCc1nnc2ccccn12. The zero-order valence-electron chi connectivity index (χ0n) is 14.8. The predicted octanol–water partition coefficient (Wildman–Crippen LogP) is 1.70. The summed E-state index contributed by atoms with van der Waals surface area (Å²) in [5, 5.41) is 24.9. The van der Waals surface area contributed by atoms with E-state index in [0.29, 0.717) is 30.4 Å². The Kier molecular flexibility index (Phi) is 5.52. The maximum absolute atomic E-state index is 10.2. The number of fused-ring (bicyclic) bond motifs is 1. The van der Waals surface area contributed by atoms with Crippen LogP contribution in [0.15, 0.2) is 47.6 Å². The largest absolute Gasteiger partial charge is 0.504 e. The van der Waals surface area contributed by atoms with E-state index in [-0.39, 0.29) is 5.75 Å². The zero-order chi connectivity index (χ0) is 18.4. The minimum absolute atomic E-state index is 0.109. The smallest absolute Gasteiger partial charge is 0.191 e. The number of nitrogens with one attached hydrogen (secondary N) is 2. The van der Waals surface area contributed by atoms with Gasteiger partial charge in [-0.25, -0.2) is 4.99 Å². The monoisotopic (exact) mass is 354 g/mol. The molecule has 2 heterocycles. The van der Waals surface area contributed by atoms with Crippen LogP contribution in [-0.2, 0) is 13.1 Å². The van der Waals surface area contributed by atoms with Crippen molar-refractivity contribution in [3.8, 4) is 11.5 Å². The Balaban J connectivity index is 1.71. The molecule has 136 valence electrons. The van der Waals surface area contributed by atoms with Crippen LogP contribution in [0.4, 0.5) is 0 Å². The molecule has 0 aliphatic carbocycles. The van der Waals surface area contributed by atoms with E-state index in [2.05, 4.69) is 25.8 Å². The van der Waals surface area contributed by atoms with Gasteiger partial charge in [0.2, 0.25) is 0 Å². The highest BCUT2D eigenvalue weighted by Crippen LogP contribution is 2.29. The van der Waals surface area contributed by atoms with Gasteiger partial charge in [0.15, 0.2) is 28.9 Å². The summed E-state index contributed by atoms with van der Waals surface area (Å²) in [7, 11) is 1.52. The molecule has 3 aromatic rings. The topological polar surface area (TPSA) is 96.1 Å². The summed E-state index contributed by atoms with van der Waals surface area (Å²) in [5.41, 5.74) is 1.49. The van der Waals surface area contributed by atoms with Gasteiger partial charge in [-0.15, -0.1) is 10.2 Å². The van der Waals surface area contributed by atoms with Gasteiger partial charge in [-0.3, -0.25) is 4.40 Å². The van der Waals surface area contributed by atoms with Gasteiger partial charge >= 0.3 is 0 Å². The standard InChI is InChI=1S/C18H22N6O2/c1-3-19-18(20-11-13-7-6-8-14(26-2)17(13)25)21-12-16-23-22-15-9-4-5-10-24(15)16/h4-10,25H,3,11-12H2,1-2H3,(H2,19,20,21). The first-order valence-electron chi connectivity index (χ1n) is 8.38. The molecule has 0 saturated heterocycles.